The molecule has 9 heteroatoms. The molecule has 0 bridgehead atoms. The number of nitro groups is 2. The molecule has 2 aromatic rings. The Morgan fingerprint density at radius 2 is 1.91 bits per heavy atom. The predicted octanol–water partition coefficient (Wildman–Crippen LogP) is 3.28. The number of hydrogen-bond donors (Lipinski definition) is 2. The molecule has 0 saturated heterocycles. The molecule has 1 aromatic heterocycles. The van der Waals surface area contributed by atoms with E-state index in [-0.39, 0.29) is 11.4 Å². The van der Waals surface area contributed by atoms with Crippen LogP contribution in [0.5, 0.6) is 0 Å². The first kappa shape index (κ1) is 16.1. The molecule has 1 heterocycles. The van der Waals surface area contributed by atoms with Gasteiger partial charge in [0.15, 0.2) is 0 Å². The number of rotatable bonds is 5. The van der Waals surface area contributed by atoms with Gasteiger partial charge in [-0.2, -0.15) is 5.10 Å². The number of non-ortho nitro benzene ring substituents is 1. The maximum atomic E-state index is 11.1. The van der Waals surface area contributed by atoms with Gasteiger partial charge in [0.05, 0.1) is 21.6 Å². The van der Waals surface area contributed by atoms with Gasteiger partial charge in [0.25, 0.3) is 5.69 Å². The van der Waals surface area contributed by atoms with Gasteiger partial charge in [-0.25, -0.2) is 0 Å². The molecule has 1 aromatic carbocycles. The van der Waals surface area contributed by atoms with Gasteiger partial charge in [-0.15, -0.1) is 0 Å². The number of H-pyrrole nitrogens is 1. The molecule has 0 amide bonds. The number of nitrogens with one attached hydrogen (secondary N) is 2. The molecule has 0 aliphatic heterocycles. The van der Waals surface area contributed by atoms with E-state index >= 15 is 0 Å². The zero-order valence-corrected chi connectivity index (χ0v) is 12.8. The van der Waals surface area contributed by atoms with Crippen LogP contribution in [0.25, 0.3) is 0 Å². The lowest BCUT2D eigenvalue weighted by Crippen LogP contribution is -2.04. The fourth-order valence-electron chi connectivity index (χ4n) is 2.29. The van der Waals surface area contributed by atoms with Crippen LogP contribution >= 0.6 is 0 Å². The quantitative estimate of drug-likeness (QED) is 0.497. The van der Waals surface area contributed by atoms with Gasteiger partial charge < -0.3 is 4.98 Å². The highest BCUT2D eigenvalue weighted by Crippen LogP contribution is 2.29. The summed E-state index contributed by atoms with van der Waals surface area (Å²) >= 11 is 0. The minimum atomic E-state index is -0.688. The topological polar surface area (TPSA) is 126 Å². The number of nitrogens with zero attached hydrogens (tertiary/aromatic N) is 3. The summed E-state index contributed by atoms with van der Waals surface area (Å²) in [5.41, 5.74) is 5.45. The zero-order chi connectivity index (χ0) is 17.1. The van der Waals surface area contributed by atoms with Gasteiger partial charge in [0, 0.05) is 23.5 Å². The Labute approximate surface area is 131 Å². The Morgan fingerprint density at radius 3 is 2.43 bits per heavy atom. The molecule has 0 atom stereocenters. The second-order valence-electron chi connectivity index (χ2n) is 5.00. The molecule has 120 valence electrons. The van der Waals surface area contributed by atoms with Gasteiger partial charge in [0.2, 0.25) is 0 Å². The van der Waals surface area contributed by atoms with Crippen molar-refractivity contribution in [3.8, 4) is 0 Å². The number of hydrazone groups is 1. The first-order valence-corrected chi connectivity index (χ1v) is 6.69. The van der Waals surface area contributed by atoms with Crippen LogP contribution in [-0.2, 0) is 0 Å². The van der Waals surface area contributed by atoms with Crippen molar-refractivity contribution in [1.29, 1.82) is 0 Å². The smallest absolute Gasteiger partial charge is 0.301 e. The summed E-state index contributed by atoms with van der Waals surface area (Å²) in [6.45, 7) is 5.59. The summed E-state index contributed by atoms with van der Waals surface area (Å²) in [5, 5.41) is 25.9. The Bertz CT molecular complexity index is 790. The van der Waals surface area contributed by atoms with Gasteiger partial charge in [-0.05, 0) is 32.4 Å². The van der Waals surface area contributed by atoms with E-state index in [1.54, 1.807) is 6.92 Å². The second-order valence-corrected chi connectivity index (χ2v) is 5.00. The van der Waals surface area contributed by atoms with E-state index in [1.807, 2.05) is 20.0 Å². The van der Waals surface area contributed by atoms with Crippen LogP contribution < -0.4 is 5.43 Å². The molecular weight excluding hydrogens is 302 g/mol. The minimum Gasteiger partial charge on any atom is -0.364 e. The van der Waals surface area contributed by atoms with E-state index in [9.17, 15) is 20.2 Å². The van der Waals surface area contributed by atoms with Gasteiger partial charge >= 0.3 is 5.69 Å². The molecule has 2 N–H and O–H groups in total. The Morgan fingerprint density at radius 1 is 1.22 bits per heavy atom. The van der Waals surface area contributed by atoms with E-state index in [1.165, 1.54) is 12.1 Å². The molecule has 2 rings (SSSR count). The number of anilines is 1. The summed E-state index contributed by atoms with van der Waals surface area (Å²) in [7, 11) is 0. The number of nitro benzene ring substituents is 2. The average Bonchev–Trinajstić information content (AvgIpc) is 2.83. The Balaban J connectivity index is 2.35. The van der Waals surface area contributed by atoms with E-state index in [0.717, 1.165) is 22.9 Å². The van der Waals surface area contributed by atoms with Gasteiger partial charge in [-0.1, -0.05) is 0 Å². The van der Waals surface area contributed by atoms with E-state index in [2.05, 4.69) is 15.5 Å². The van der Waals surface area contributed by atoms with Crippen LogP contribution in [0.1, 0.15) is 23.7 Å². The summed E-state index contributed by atoms with van der Waals surface area (Å²) in [5.74, 6) is 0. The normalized spacial score (nSPS) is 11.3. The van der Waals surface area contributed by atoms with E-state index < -0.39 is 15.5 Å². The third-order valence-corrected chi connectivity index (χ3v) is 3.37. The fraction of sp³-hybridized carbons (Fsp3) is 0.214. The SMILES string of the molecule is C/C(=N/Nc1ccc([N+](=O)[O-])cc1[N+](=O)[O-])c1c(C)c[nH]c1C. The van der Waals surface area contributed by atoms with Crippen molar-refractivity contribution in [2.45, 2.75) is 20.8 Å². The van der Waals surface area contributed by atoms with Crippen LogP contribution in [-0.4, -0.2) is 20.5 Å². The largest absolute Gasteiger partial charge is 0.364 e. The predicted molar refractivity (Wildman–Crippen MR) is 85.9 cm³/mol. The van der Waals surface area contributed by atoms with Gasteiger partial charge in [0.1, 0.15) is 5.69 Å². The summed E-state index contributed by atoms with van der Waals surface area (Å²) < 4.78 is 0. The zero-order valence-electron chi connectivity index (χ0n) is 12.8. The molecular formula is C14H15N5O4. The third kappa shape index (κ3) is 3.34. The molecule has 0 unspecified atom stereocenters. The van der Waals surface area contributed by atoms with Crippen molar-refractivity contribution in [2.24, 2.45) is 5.10 Å². The molecule has 0 aliphatic carbocycles. The molecule has 0 saturated carbocycles. The summed E-state index contributed by atoms with van der Waals surface area (Å²) in [6.07, 6.45) is 1.85. The van der Waals surface area contributed by atoms with Crippen LogP contribution in [0.15, 0.2) is 29.5 Å². The van der Waals surface area contributed by atoms with E-state index in [0.29, 0.717) is 5.71 Å². The maximum absolute atomic E-state index is 11.1. The van der Waals surface area contributed by atoms with Crippen LogP contribution in [0.2, 0.25) is 0 Å². The molecule has 23 heavy (non-hydrogen) atoms. The van der Waals surface area contributed by atoms with Gasteiger partial charge in [-0.3, -0.25) is 25.7 Å². The lowest BCUT2D eigenvalue weighted by molar-refractivity contribution is -0.393. The van der Waals surface area contributed by atoms with Crippen molar-refractivity contribution in [1.82, 2.24) is 4.98 Å². The number of benzene rings is 1. The molecule has 9 nitrogen and oxygen atoms in total. The van der Waals surface area contributed by atoms with Crippen LogP contribution in [0.3, 0.4) is 0 Å². The second kappa shape index (κ2) is 6.26. The third-order valence-electron chi connectivity index (χ3n) is 3.37. The highest BCUT2D eigenvalue weighted by atomic mass is 16.6. The summed E-state index contributed by atoms with van der Waals surface area (Å²) in [4.78, 5) is 23.5. The first-order chi connectivity index (χ1) is 10.8. The molecule has 0 aliphatic rings. The monoisotopic (exact) mass is 317 g/mol. The highest BCUT2D eigenvalue weighted by Gasteiger charge is 2.19. The number of aryl methyl sites for hydroxylation is 2. The van der Waals surface area contributed by atoms with Crippen molar-refractivity contribution < 1.29 is 9.85 Å². The standard InChI is InChI=1S/C14H15N5O4/c1-8-7-15-9(2)14(8)10(3)16-17-12-5-4-11(18(20)21)6-13(12)19(22)23/h4-7,15,17H,1-3H3/b16-10-. The Hall–Kier alpha value is -3.23. The lowest BCUT2D eigenvalue weighted by Gasteiger charge is -2.05. The Kier molecular flexibility index (Phi) is 4.39. The van der Waals surface area contributed by atoms with E-state index in [4.69, 9.17) is 0 Å². The summed E-state index contributed by atoms with van der Waals surface area (Å²) in [6, 6.07) is 3.36. The average molecular weight is 317 g/mol. The number of aromatic amines is 1. The maximum Gasteiger partial charge on any atom is 0.301 e. The van der Waals surface area contributed by atoms with Crippen molar-refractivity contribution in [3.05, 3.63) is 61.4 Å². The minimum absolute atomic E-state index is 0.0887. The van der Waals surface area contributed by atoms with Crippen molar-refractivity contribution >= 4 is 22.8 Å². The van der Waals surface area contributed by atoms with Crippen molar-refractivity contribution in [2.75, 3.05) is 5.43 Å². The molecule has 0 fully saturated rings. The van der Waals surface area contributed by atoms with Crippen molar-refractivity contribution in [3.63, 3.8) is 0 Å². The van der Waals surface area contributed by atoms with Crippen LogP contribution in [0, 0.1) is 34.1 Å². The number of hydrogen-bond acceptors (Lipinski definition) is 6. The lowest BCUT2D eigenvalue weighted by atomic mass is 10.1. The highest BCUT2D eigenvalue weighted by molar-refractivity contribution is 6.01. The fourth-order valence-corrected chi connectivity index (χ4v) is 2.29. The number of aromatic nitrogens is 1. The molecule has 0 spiro atoms. The molecule has 0 radical (unpaired) electrons. The first-order valence-electron chi connectivity index (χ1n) is 6.69. The van der Waals surface area contributed by atoms with Crippen LogP contribution in [0.4, 0.5) is 17.1 Å².